The van der Waals surface area contributed by atoms with Crippen molar-refractivity contribution in [3.8, 4) is 62.0 Å². The van der Waals surface area contributed by atoms with Crippen LogP contribution in [0.5, 0.6) is 0 Å². The fourth-order valence-electron chi connectivity index (χ4n) is 9.81. The van der Waals surface area contributed by atoms with Crippen molar-refractivity contribution in [2.45, 2.75) is 56.8 Å². The second-order valence-electron chi connectivity index (χ2n) is 16.5. The lowest BCUT2D eigenvalue weighted by molar-refractivity contribution is 0.332. The quantitative estimate of drug-likeness (QED) is 0.186. The summed E-state index contributed by atoms with van der Waals surface area (Å²) >= 11 is 0. The summed E-state index contributed by atoms with van der Waals surface area (Å²) < 4.78 is 0. The molecule has 0 bridgehead atoms. The van der Waals surface area contributed by atoms with Crippen molar-refractivity contribution in [1.29, 1.82) is 5.26 Å². The van der Waals surface area contributed by atoms with E-state index in [2.05, 4.69) is 155 Å². The van der Waals surface area contributed by atoms with E-state index in [1.54, 1.807) is 0 Å². The Balaban J connectivity index is 1.22. The highest BCUT2D eigenvalue weighted by atomic mass is 14.7. The minimum absolute atomic E-state index is 0.0753. The van der Waals surface area contributed by atoms with Gasteiger partial charge in [0.1, 0.15) is 0 Å². The molecule has 0 fully saturated rings. The van der Waals surface area contributed by atoms with Crippen molar-refractivity contribution < 1.29 is 0 Å². The van der Waals surface area contributed by atoms with E-state index in [4.69, 9.17) is 4.98 Å². The zero-order valence-corrected chi connectivity index (χ0v) is 30.7. The van der Waals surface area contributed by atoms with E-state index in [1.807, 2.05) is 24.3 Å². The van der Waals surface area contributed by atoms with Crippen LogP contribution in [0.25, 0.3) is 55.9 Å². The minimum Gasteiger partial charge on any atom is -0.248 e. The number of fused-ring (bicyclic) bond motifs is 11. The molecule has 1 heterocycles. The van der Waals surface area contributed by atoms with Crippen molar-refractivity contribution >= 4 is 0 Å². The van der Waals surface area contributed by atoms with E-state index in [-0.39, 0.29) is 10.8 Å². The van der Waals surface area contributed by atoms with Crippen LogP contribution in [0.4, 0.5) is 0 Å². The van der Waals surface area contributed by atoms with Gasteiger partial charge in [0.05, 0.1) is 28.4 Å². The first kappa shape index (κ1) is 31.7. The van der Waals surface area contributed by atoms with Gasteiger partial charge in [0, 0.05) is 11.1 Å². The molecule has 1 spiro atoms. The fraction of sp³-hybridized carbons (Fsp3) is 0.176. The molecule has 10 rings (SSSR count). The van der Waals surface area contributed by atoms with Gasteiger partial charge in [-0.1, -0.05) is 143 Å². The molecule has 3 aliphatic carbocycles. The molecule has 0 radical (unpaired) electrons. The highest BCUT2D eigenvalue weighted by molar-refractivity contribution is 5.96. The standard InChI is InChI=1S/C51H40N2/c1-49(2)25-26-50(3,4)46-28-33(22-24-44(46)49)47-29-35(30-48(53-47)36-14-6-5-13-34(36)31-52)32-21-23-40-39-17-9-12-20-43(39)51(45(40)27-32)41-18-10-7-15-37(41)38-16-8-11-19-42(38)51/h5-24,27-30H,25-26H2,1-4H3. The third kappa shape index (κ3) is 4.47. The van der Waals surface area contributed by atoms with Crippen molar-refractivity contribution in [3.63, 3.8) is 0 Å². The van der Waals surface area contributed by atoms with Crippen molar-refractivity contribution in [3.05, 3.63) is 185 Å². The van der Waals surface area contributed by atoms with Crippen LogP contribution in [0.2, 0.25) is 0 Å². The van der Waals surface area contributed by atoms with Gasteiger partial charge in [-0.2, -0.15) is 5.26 Å². The Hall–Kier alpha value is -6.04. The van der Waals surface area contributed by atoms with Crippen LogP contribution in [-0.2, 0) is 16.2 Å². The van der Waals surface area contributed by atoms with E-state index in [0.29, 0.717) is 5.56 Å². The van der Waals surface area contributed by atoms with Gasteiger partial charge in [-0.3, -0.25) is 0 Å². The lowest BCUT2D eigenvalue weighted by atomic mass is 9.63. The smallest absolute Gasteiger partial charge is 0.0998 e. The van der Waals surface area contributed by atoms with E-state index < -0.39 is 5.41 Å². The molecule has 0 aliphatic heterocycles. The first-order valence-electron chi connectivity index (χ1n) is 18.8. The predicted octanol–water partition coefficient (Wildman–Crippen LogP) is 12.6. The normalized spacial score (nSPS) is 16.2. The maximum atomic E-state index is 10.2. The zero-order valence-electron chi connectivity index (χ0n) is 30.7. The monoisotopic (exact) mass is 680 g/mol. The summed E-state index contributed by atoms with van der Waals surface area (Å²) in [5.41, 5.74) is 19.7. The molecule has 0 saturated heterocycles. The van der Waals surface area contributed by atoms with Gasteiger partial charge < -0.3 is 0 Å². The molecule has 2 heteroatoms. The molecule has 7 aromatic rings. The molecule has 0 saturated carbocycles. The van der Waals surface area contributed by atoms with Crippen LogP contribution in [0, 0.1) is 11.3 Å². The fourth-order valence-corrected chi connectivity index (χ4v) is 9.81. The number of rotatable bonds is 3. The zero-order chi connectivity index (χ0) is 36.1. The van der Waals surface area contributed by atoms with Gasteiger partial charge in [-0.15, -0.1) is 0 Å². The maximum Gasteiger partial charge on any atom is 0.0998 e. The number of pyridine rings is 1. The Kier molecular flexibility index (Phi) is 6.71. The Morgan fingerprint density at radius 3 is 1.55 bits per heavy atom. The predicted molar refractivity (Wildman–Crippen MR) is 217 cm³/mol. The van der Waals surface area contributed by atoms with E-state index >= 15 is 0 Å². The van der Waals surface area contributed by atoms with E-state index in [9.17, 15) is 5.26 Å². The first-order valence-corrected chi connectivity index (χ1v) is 18.8. The summed E-state index contributed by atoms with van der Waals surface area (Å²) in [6, 6.07) is 55.6. The van der Waals surface area contributed by atoms with E-state index in [0.717, 1.165) is 40.1 Å². The number of hydrogen-bond acceptors (Lipinski definition) is 2. The Bertz CT molecular complexity index is 2640. The third-order valence-corrected chi connectivity index (χ3v) is 12.6. The van der Waals surface area contributed by atoms with Gasteiger partial charge in [0.25, 0.3) is 0 Å². The maximum absolute atomic E-state index is 10.2. The highest BCUT2D eigenvalue weighted by Crippen LogP contribution is 2.63. The van der Waals surface area contributed by atoms with Crippen molar-refractivity contribution in [2.75, 3.05) is 0 Å². The molecule has 0 unspecified atom stereocenters. The van der Waals surface area contributed by atoms with E-state index in [1.165, 1.54) is 62.1 Å². The van der Waals surface area contributed by atoms with Crippen LogP contribution in [0.3, 0.4) is 0 Å². The SMILES string of the molecule is CC1(C)CCC(C)(C)c2cc(-c3cc(-c4ccc5c(c4)C4(c6ccccc6-c6ccccc64)c4ccccc4-5)cc(-c4ccccc4C#N)n3)ccc21. The number of nitrogens with zero attached hydrogens (tertiary/aromatic N) is 2. The summed E-state index contributed by atoms with van der Waals surface area (Å²) in [5, 5.41) is 10.2. The lowest BCUT2D eigenvalue weighted by Gasteiger charge is -2.42. The molecule has 0 N–H and O–H groups in total. The molecular weight excluding hydrogens is 641 g/mol. The van der Waals surface area contributed by atoms with Gasteiger partial charge >= 0.3 is 0 Å². The summed E-state index contributed by atoms with van der Waals surface area (Å²) in [5.74, 6) is 0. The van der Waals surface area contributed by atoms with Crippen LogP contribution in [0.1, 0.15) is 79.5 Å². The van der Waals surface area contributed by atoms with Gasteiger partial charge in [0.2, 0.25) is 0 Å². The van der Waals surface area contributed by atoms with Crippen LogP contribution >= 0.6 is 0 Å². The van der Waals surface area contributed by atoms with Gasteiger partial charge in [0.15, 0.2) is 0 Å². The molecule has 0 atom stereocenters. The summed E-state index contributed by atoms with van der Waals surface area (Å²) in [6.45, 7) is 9.50. The number of hydrogen-bond donors (Lipinski definition) is 0. The second kappa shape index (κ2) is 11.2. The Morgan fingerprint density at radius 2 is 0.925 bits per heavy atom. The minimum atomic E-state index is -0.419. The highest BCUT2D eigenvalue weighted by Gasteiger charge is 2.51. The molecule has 2 nitrogen and oxygen atoms in total. The molecular formula is C51H40N2. The average Bonchev–Trinajstić information content (AvgIpc) is 3.66. The largest absolute Gasteiger partial charge is 0.248 e. The van der Waals surface area contributed by atoms with Crippen LogP contribution in [-0.4, -0.2) is 4.98 Å². The summed E-state index contributed by atoms with van der Waals surface area (Å²) in [7, 11) is 0. The van der Waals surface area contributed by atoms with Gasteiger partial charge in [-0.05, 0) is 121 Å². The molecule has 3 aliphatic rings. The molecule has 6 aromatic carbocycles. The van der Waals surface area contributed by atoms with Crippen LogP contribution in [0.15, 0.2) is 146 Å². The molecule has 1 aromatic heterocycles. The van der Waals surface area contributed by atoms with Gasteiger partial charge in [-0.25, -0.2) is 4.98 Å². The first-order chi connectivity index (χ1) is 25.7. The number of aromatic nitrogens is 1. The van der Waals surface area contributed by atoms with Crippen LogP contribution < -0.4 is 0 Å². The van der Waals surface area contributed by atoms with Crippen molar-refractivity contribution in [2.24, 2.45) is 0 Å². The number of nitriles is 1. The second-order valence-corrected chi connectivity index (χ2v) is 16.5. The third-order valence-electron chi connectivity index (χ3n) is 12.6. The molecule has 0 amide bonds. The lowest BCUT2D eigenvalue weighted by Crippen LogP contribution is -2.33. The molecule has 53 heavy (non-hydrogen) atoms. The Morgan fingerprint density at radius 1 is 0.434 bits per heavy atom. The average molecular weight is 681 g/mol. The van der Waals surface area contributed by atoms with Crippen molar-refractivity contribution in [1.82, 2.24) is 4.98 Å². The summed E-state index contributed by atoms with van der Waals surface area (Å²) in [4.78, 5) is 5.33. The molecule has 254 valence electrons. The Labute approximate surface area is 312 Å². The topological polar surface area (TPSA) is 36.7 Å². The number of benzene rings is 6. The summed E-state index contributed by atoms with van der Waals surface area (Å²) in [6.07, 6.45) is 2.32.